The van der Waals surface area contributed by atoms with Crippen molar-refractivity contribution in [3.63, 3.8) is 0 Å². The fraction of sp³-hybridized carbons (Fsp3) is 0.588. The molecule has 2 rings (SSSR count). The number of rotatable bonds is 5. The van der Waals surface area contributed by atoms with Crippen LogP contribution in [0.25, 0.3) is 0 Å². The summed E-state index contributed by atoms with van der Waals surface area (Å²) in [5, 5.41) is 0. The number of carbonyl (C=O) groups is 1. The quantitative estimate of drug-likeness (QED) is 0.874. The molecule has 0 spiro atoms. The van der Waals surface area contributed by atoms with E-state index < -0.39 is 0 Å². The van der Waals surface area contributed by atoms with Gasteiger partial charge in [0.05, 0.1) is 21.3 Å². The number of ether oxygens (including phenoxy) is 3. The average Bonchev–Trinajstić information content (AvgIpc) is 2.59. The van der Waals surface area contributed by atoms with Crippen molar-refractivity contribution in [1.29, 1.82) is 0 Å². The second-order valence-electron chi connectivity index (χ2n) is 5.90. The third kappa shape index (κ3) is 4.24. The van der Waals surface area contributed by atoms with E-state index in [1.807, 2.05) is 11.8 Å². The van der Waals surface area contributed by atoms with Gasteiger partial charge in [0.2, 0.25) is 5.75 Å². The van der Waals surface area contributed by atoms with E-state index in [0.29, 0.717) is 28.7 Å². The monoisotopic (exact) mass is 358 g/mol. The number of halogens is 1. The summed E-state index contributed by atoms with van der Waals surface area (Å²) >= 11 is 0. The van der Waals surface area contributed by atoms with E-state index in [0.717, 1.165) is 25.9 Å². The van der Waals surface area contributed by atoms with Crippen LogP contribution in [0.15, 0.2) is 12.1 Å². The molecule has 1 saturated heterocycles. The number of nitrogens with two attached hydrogens (primary N) is 1. The van der Waals surface area contributed by atoms with Crippen LogP contribution in [0.1, 0.15) is 30.1 Å². The van der Waals surface area contributed by atoms with Gasteiger partial charge < -0.3 is 24.8 Å². The van der Waals surface area contributed by atoms with E-state index in [2.05, 4.69) is 0 Å². The standard InChI is InChI=1S/C17H26N2O4.ClH/c1-11(18)12-5-7-19(8-6-12)17(20)13-9-14(21-2)16(23-4)15(10-13)22-3;/h9-12H,5-8,18H2,1-4H3;1H. The summed E-state index contributed by atoms with van der Waals surface area (Å²) in [6.07, 6.45) is 1.88. The lowest BCUT2D eigenvalue weighted by Crippen LogP contribution is -2.42. The molecule has 1 aliphatic heterocycles. The van der Waals surface area contributed by atoms with Gasteiger partial charge in [0.25, 0.3) is 5.91 Å². The Labute approximate surface area is 149 Å². The second kappa shape index (κ2) is 8.99. The minimum atomic E-state index is -0.0209. The lowest BCUT2D eigenvalue weighted by Gasteiger charge is -2.33. The van der Waals surface area contributed by atoms with Gasteiger partial charge in [-0.05, 0) is 37.8 Å². The Morgan fingerprint density at radius 3 is 2.00 bits per heavy atom. The highest BCUT2D eigenvalue weighted by atomic mass is 35.5. The maximum absolute atomic E-state index is 12.8. The zero-order valence-electron chi connectivity index (χ0n) is 14.7. The Bertz CT molecular complexity index is 533. The Hall–Kier alpha value is -1.66. The van der Waals surface area contributed by atoms with Crippen LogP contribution < -0.4 is 19.9 Å². The predicted molar refractivity (Wildman–Crippen MR) is 95.6 cm³/mol. The molecule has 1 aromatic rings. The van der Waals surface area contributed by atoms with Crippen molar-refractivity contribution in [3.05, 3.63) is 17.7 Å². The first-order chi connectivity index (χ1) is 11.0. The Morgan fingerprint density at radius 2 is 1.62 bits per heavy atom. The molecule has 1 fully saturated rings. The number of piperidine rings is 1. The molecule has 1 atom stereocenters. The largest absolute Gasteiger partial charge is 0.493 e. The van der Waals surface area contributed by atoms with Crippen LogP contribution >= 0.6 is 12.4 Å². The van der Waals surface area contributed by atoms with E-state index >= 15 is 0 Å². The third-order valence-electron chi connectivity index (χ3n) is 4.48. The molecule has 6 nitrogen and oxygen atoms in total. The van der Waals surface area contributed by atoms with Gasteiger partial charge >= 0.3 is 0 Å². The van der Waals surface area contributed by atoms with Crippen LogP contribution in [0, 0.1) is 5.92 Å². The van der Waals surface area contributed by atoms with Gasteiger partial charge in [-0.15, -0.1) is 12.4 Å². The molecule has 2 N–H and O–H groups in total. The molecule has 0 aliphatic carbocycles. The van der Waals surface area contributed by atoms with Gasteiger partial charge in [-0.2, -0.15) is 0 Å². The van der Waals surface area contributed by atoms with E-state index in [4.69, 9.17) is 19.9 Å². The second-order valence-corrected chi connectivity index (χ2v) is 5.90. The van der Waals surface area contributed by atoms with Gasteiger partial charge in [0.15, 0.2) is 11.5 Å². The van der Waals surface area contributed by atoms with Crippen LogP contribution in [-0.2, 0) is 0 Å². The van der Waals surface area contributed by atoms with E-state index in [1.165, 1.54) is 0 Å². The highest BCUT2D eigenvalue weighted by Gasteiger charge is 2.27. The number of carbonyl (C=O) groups excluding carboxylic acids is 1. The van der Waals surface area contributed by atoms with Crippen molar-refractivity contribution in [1.82, 2.24) is 4.90 Å². The number of methoxy groups -OCH3 is 3. The number of nitrogens with zero attached hydrogens (tertiary/aromatic N) is 1. The van der Waals surface area contributed by atoms with Crippen molar-refractivity contribution < 1.29 is 19.0 Å². The normalized spacial score (nSPS) is 16.1. The van der Waals surface area contributed by atoms with Gasteiger partial charge in [-0.1, -0.05) is 0 Å². The summed E-state index contributed by atoms with van der Waals surface area (Å²) in [5.41, 5.74) is 6.50. The lowest BCUT2D eigenvalue weighted by molar-refractivity contribution is 0.0680. The van der Waals surface area contributed by atoms with Crippen molar-refractivity contribution in [3.8, 4) is 17.2 Å². The van der Waals surface area contributed by atoms with Crippen LogP contribution in [0.4, 0.5) is 0 Å². The van der Waals surface area contributed by atoms with Crippen LogP contribution in [-0.4, -0.2) is 51.3 Å². The Balaban J connectivity index is 0.00000288. The summed E-state index contributed by atoms with van der Waals surface area (Å²) < 4.78 is 15.9. The molecule has 1 heterocycles. The molecule has 7 heteroatoms. The first-order valence-corrected chi connectivity index (χ1v) is 7.86. The zero-order chi connectivity index (χ0) is 17.0. The van der Waals surface area contributed by atoms with Gasteiger partial charge in [-0.3, -0.25) is 4.79 Å². The third-order valence-corrected chi connectivity index (χ3v) is 4.48. The highest BCUT2D eigenvalue weighted by molar-refractivity contribution is 5.95. The molecule has 1 amide bonds. The average molecular weight is 359 g/mol. The van der Waals surface area contributed by atoms with Crippen LogP contribution in [0.3, 0.4) is 0 Å². The molecule has 0 bridgehead atoms. The first kappa shape index (κ1) is 20.4. The number of benzene rings is 1. The topological polar surface area (TPSA) is 74.0 Å². The van der Waals surface area contributed by atoms with E-state index in [1.54, 1.807) is 33.5 Å². The van der Waals surface area contributed by atoms with Crippen molar-refractivity contribution in [2.45, 2.75) is 25.8 Å². The zero-order valence-corrected chi connectivity index (χ0v) is 15.5. The van der Waals surface area contributed by atoms with Crippen molar-refractivity contribution in [2.75, 3.05) is 34.4 Å². The summed E-state index contributed by atoms with van der Waals surface area (Å²) in [4.78, 5) is 14.6. The number of hydrogen-bond acceptors (Lipinski definition) is 5. The van der Waals surface area contributed by atoms with E-state index in [9.17, 15) is 4.79 Å². The van der Waals surface area contributed by atoms with Gasteiger partial charge in [-0.25, -0.2) is 0 Å². The molecule has 1 unspecified atom stereocenters. The minimum absolute atomic E-state index is 0. The molecule has 1 aromatic carbocycles. The summed E-state index contributed by atoms with van der Waals surface area (Å²) in [7, 11) is 4.62. The van der Waals surface area contributed by atoms with Crippen molar-refractivity contribution >= 4 is 18.3 Å². The summed E-state index contributed by atoms with van der Waals surface area (Å²) in [6.45, 7) is 3.48. The Morgan fingerprint density at radius 1 is 1.12 bits per heavy atom. The number of hydrogen-bond donors (Lipinski definition) is 1. The predicted octanol–water partition coefficient (Wildman–Crippen LogP) is 2.33. The lowest BCUT2D eigenvalue weighted by atomic mass is 9.90. The van der Waals surface area contributed by atoms with Crippen molar-refractivity contribution in [2.24, 2.45) is 11.7 Å². The highest BCUT2D eigenvalue weighted by Crippen LogP contribution is 2.38. The number of likely N-dealkylation sites (tertiary alicyclic amines) is 1. The van der Waals surface area contributed by atoms with Gasteiger partial charge in [0.1, 0.15) is 0 Å². The molecular formula is C17H27ClN2O4. The first-order valence-electron chi connectivity index (χ1n) is 7.86. The summed E-state index contributed by atoms with van der Waals surface area (Å²) in [5.74, 6) is 1.93. The SMILES string of the molecule is COc1cc(C(=O)N2CCC(C(C)N)CC2)cc(OC)c1OC.Cl. The molecule has 1 aliphatic rings. The maximum Gasteiger partial charge on any atom is 0.254 e. The van der Waals surface area contributed by atoms with Gasteiger partial charge in [0, 0.05) is 24.7 Å². The molecule has 24 heavy (non-hydrogen) atoms. The van der Waals surface area contributed by atoms with Crippen LogP contribution in [0.2, 0.25) is 0 Å². The smallest absolute Gasteiger partial charge is 0.254 e. The van der Waals surface area contributed by atoms with Crippen LogP contribution in [0.5, 0.6) is 17.2 Å². The molecular weight excluding hydrogens is 332 g/mol. The maximum atomic E-state index is 12.8. The number of amides is 1. The fourth-order valence-electron chi connectivity index (χ4n) is 3.02. The van der Waals surface area contributed by atoms with E-state index in [-0.39, 0.29) is 24.4 Å². The molecule has 0 radical (unpaired) electrons. The summed E-state index contributed by atoms with van der Waals surface area (Å²) in [6, 6.07) is 3.57. The Kier molecular flexibility index (Phi) is 7.63. The molecule has 0 saturated carbocycles. The molecule has 0 aromatic heterocycles. The minimum Gasteiger partial charge on any atom is -0.493 e. The fourth-order valence-corrected chi connectivity index (χ4v) is 3.02. The molecule has 136 valence electrons.